The molecule has 1 amide bonds. The molecule has 0 saturated carbocycles. The highest BCUT2D eigenvalue weighted by Crippen LogP contribution is 2.29. The Balaban J connectivity index is 1.93. The highest BCUT2D eigenvalue weighted by Gasteiger charge is 2.39. The summed E-state index contributed by atoms with van der Waals surface area (Å²) in [5.41, 5.74) is 0.832. The number of carbonyl (C=O) groups is 2. The van der Waals surface area contributed by atoms with Crippen LogP contribution in [-0.2, 0) is 14.3 Å². The summed E-state index contributed by atoms with van der Waals surface area (Å²) in [4.78, 5) is 27.7. The van der Waals surface area contributed by atoms with E-state index in [2.05, 4.69) is 0 Å². The van der Waals surface area contributed by atoms with Crippen LogP contribution in [0.4, 0.5) is 5.69 Å². The van der Waals surface area contributed by atoms with E-state index in [4.69, 9.17) is 26.1 Å². The van der Waals surface area contributed by atoms with Crippen molar-refractivity contribution in [1.82, 2.24) is 4.90 Å². The van der Waals surface area contributed by atoms with Gasteiger partial charge in [-0.15, -0.1) is 0 Å². The topological polar surface area (TPSA) is 72.2 Å². The smallest absolute Gasteiger partial charge is 0.325 e. The monoisotopic (exact) mass is 398 g/mol. The fourth-order valence-electron chi connectivity index (χ4n) is 2.63. The molecule has 1 aliphatic rings. The number of anilines is 1. The van der Waals surface area contributed by atoms with Crippen LogP contribution in [0.3, 0.4) is 0 Å². The molecular formula is C20H18N2O5S. The van der Waals surface area contributed by atoms with E-state index in [1.807, 2.05) is 0 Å². The molecule has 7 nitrogen and oxygen atoms in total. The number of rotatable bonds is 6. The summed E-state index contributed by atoms with van der Waals surface area (Å²) in [7, 11) is 2.84. The van der Waals surface area contributed by atoms with Gasteiger partial charge in [0.25, 0.3) is 5.91 Å². The van der Waals surface area contributed by atoms with Gasteiger partial charge in [-0.1, -0.05) is 6.08 Å². The minimum absolute atomic E-state index is 0.172. The van der Waals surface area contributed by atoms with Gasteiger partial charge in [0.05, 0.1) is 26.2 Å². The highest BCUT2D eigenvalue weighted by molar-refractivity contribution is 7.80. The molecule has 0 spiro atoms. The first kappa shape index (κ1) is 19.4. The molecule has 2 aromatic rings. The molecule has 1 aromatic carbocycles. The van der Waals surface area contributed by atoms with Crippen molar-refractivity contribution in [1.29, 1.82) is 0 Å². The molecule has 8 heteroatoms. The van der Waals surface area contributed by atoms with Crippen molar-refractivity contribution in [2.75, 3.05) is 25.7 Å². The Hall–Kier alpha value is -3.39. The number of benzene rings is 1. The number of nitrogens with zero attached hydrogens (tertiary/aromatic N) is 2. The number of allylic oxidation sites excluding steroid dienone is 2. The van der Waals surface area contributed by atoms with Gasteiger partial charge in [-0.3, -0.25) is 14.5 Å². The number of methoxy groups -OCH3 is 2. The third-order valence-electron chi connectivity index (χ3n) is 4.04. The van der Waals surface area contributed by atoms with Gasteiger partial charge >= 0.3 is 5.97 Å². The number of ether oxygens (including phenoxy) is 2. The van der Waals surface area contributed by atoms with E-state index in [9.17, 15) is 9.59 Å². The molecular weight excluding hydrogens is 380 g/mol. The zero-order valence-corrected chi connectivity index (χ0v) is 16.1. The fourth-order valence-corrected chi connectivity index (χ4v) is 2.98. The average molecular weight is 398 g/mol. The molecule has 28 heavy (non-hydrogen) atoms. The fraction of sp³-hybridized carbons (Fsp3) is 0.150. The summed E-state index contributed by atoms with van der Waals surface area (Å²) in [5.74, 6) is 0.442. The van der Waals surface area contributed by atoms with Gasteiger partial charge in [0.15, 0.2) is 5.11 Å². The summed E-state index contributed by atoms with van der Waals surface area (Å²) in [6, 6.07) is 10.5. The van der Waals surface area contributed by atoms with E-state index in [1.165, 1.54) is 16.9 Å². The predicted octanol–water partition coefficient (Wildman–Crippen LogP) is 2.99. The Morgan fingerprint density at radius 1 is 1.21 bits per heavy atom. The van der Waals surface area contributed by atoms with Crippen molar-refractivity contribution in [3.05, 3.63) is 66.3 Å². The number of thiocarbonyl (C=S) groups is 1. The third kappa shape index (κ3) is 3.96. The third-order valence-corrected chi connectivity index (χ3v) is 4.44. The van der Waals surface area contributed by atoms with Gasteiger partial charge in [0.2, 0.25) is 0 Å². The van der Waals surface area contributed by atoms with Crippen molar-refractivity contribution in [2.24, 2.45) is 0 Å². The van der Waals surface area contributed by atoms with E-state index in [-0.39, 0.29) is 23.3 Å². The Kier molecular flexibility index (Phi) is 5.90. The molecule has 3 rings (SSSR count). The van der Waals surface area contributed by atoms with E-state index in [1.54, 1.807) is 68.0 Å². The summed E-state index contributed by atoms with van der Waals surface area (Å²) in [6.07, 6.45) is 6.51. The van der Waals surface area contributed by atoms with Crippen LogP contribution >= 0.6 is 12.2 Å². The first-order valence-corrected chi connectivity index (χ1v) is 8.74. The van der Waals surface area contributed by atoms with Gasteiger partial charge in [0.1, 0.15) is 23.8 Å². The molecule has 0 atom stereocenters. The molecule has 1 fully saturated rings. The Bertz CT molecular complexity index is 932. The molecule has 0 unspecified atom stereocenters. The van der Waals surface area contributed by atoms with Gasteiger partial charge in [0, 0.05) is 0 Å². The zero-order chi connectivity index (χ0) is 20.1. The molecule has 144 valence electrons. The van der Waals surface area contributed by atoms with Crippen LogP contribution in [0.1, 0.15) is 5.76 Å². The van der Waals surface area contributed by atoms with Crippen molar-refractivity contribution in [3.8, 4) is 5.75 Å². The zero-order valence-electron chi connectivity index (χ0n) is 15.3. The Morgan fingerprint density at radius 2 is 1.96 bits per heavy atom. The number of hydrogen-bond donors (Lipinski definition) is 0. The quantitative estimate of drug-likeness (QED) is 0.421. The highest BCUT2D eigenvalue weighted by atomic mass is 32.1. The molecule has 1 saturated heterocycles. The van der Waals surface area contributed by atoms with Gasteiger partial charge in [-0.2, -0.15) is 0 Å². The molecule has 0 radical (unpaired) electrons. The number of carbonyl (C=O) groups excluding carboxylic acids is 2. The van der Waals surface area contributed by atoms with Crippen LogP contribution in [0.5, 0.6) is 5.75 Å². The molecule has 0 N–H and O–H groups in total. The number of hydrogen-bond acceptors (Lipinski definition) is 6. The summed E-state index contributed by atoms with van der Waals surface area (Å²) >= 11 is 5.46. The lowest BCUT2D eigenvalue weighted by Crippen LogP contribution is -2.35. The van der Waals surface area contributed by atoms with Gasteiger partial charge in [-0.25, -0.2) is 0 Å². The first-order valence-electron chi connectivity index (χ1n) is 8.34. The van der Waals surface area contributed by atoms with Crippen LogP contribution in [0.25, 0.3) is 6.08 Å². The minimum Gasteiger partial charge on any atom is -0.497 e. The van der Waals surface area contributed by atoms with E-state index in [0.29, 0.717) is 17.2 Å². The van der Waals surface area contributed by atoms with E-state index in [0.717, 1.165) is 0 Å². The first-order chi connectivity index (χ1) is 13.5. The second-order valence-electron chi connectivity index (χ2n) is 5.71. The number of furan rings is 1. The molecule has 1 aliphatic heterocycles. The number of amides is 1. The van der Waals surface area contributed by atoms with Gasteiger partial charge in [-0.05, 0) is 60.8 Å². The SMILES string of the molecule is COC(=O)CN1C(=S)N(c2ccc(OC)cc2)C(=O)/C1=C/C=C/c1ccco1. The van der Waals surface area contributed by atoms with Crippen molar-refractivity contribution in [2.45, 2.75) is 0 Å². The summed E-state index contributed by atoms with van der Waals surface area (Å²) < 4.78 is 15.1. The van der Waals surface area contributed by atoms with Crippen LogP contribution in [0.2, 0.25) is 0 Å². The minimum atomic E-state index is -0.507. The van der Waals surface area contributed by atoms with E-state index < -0.39 is 5.97 Å². The maximum atomic E-state index is 13.0. The standard InChI is InChI=1S/C20H18N2O5S/c1-25-15-10-8-14(9-11-15)22-19(24)17(7-3-5-16-6-4-12-27-16)21(20(22)28)13-18(23)26-2/h3-12H,13H2,1-2H3/b5-3+,17-7-. The maximum Gasteiger partial charge on any atom is 0.325 e. The predicted molar refractivity (Wildman–Crippen MR) is 108 cm³/mol. The lowest BCUT2D eigenvalue weighted by atomic mass is 10.2. The van der Waals surface area contributed by atoms with E-state index >= 15 is 0 Å². The maximum absolute atomic E-state index is 13.0. The normalized spacial score (nSPS) is 15.7. The Labute approximate surface area is 167 Å². The molecule has 2 heterocycles. The van der Waals surface area contributed by atoms with Crippen molar-refractivity contribution in [3.63, 3.8) is 0 Å². The van der Waals surface area contributed by atoms with Crippen molar-refractivity contribution >= 4 is 41.0 Å². The lowest BCUT2D eigenvalue weighted by Gasteiger charge is -2.19. The number of esters is 1. The summed E-state index contributed by atoms with van der Waals surface area (Å²) in [6.45, 7) is -0.172. The van der Waals surface area contributed by atoms with Crippen LogP contribution in [0.15, 0.2) is 64.9 Å². The second kappa shape index (κ2) is 8.53. The average Bonchev–Trinajstić information content (AvgIpc) is 3.30. The molecule has 1 aromatic heterocycles. The van der Waals surface area contributed by atoms with Crippen molar-refractivity contribution < 1.29 is 23.5 Å². The van der Waals surface area contributed by atoms with Crippen LogP contribution < -0.4 is 9.64 Å². The summed E-state index contributed by atoms with van der Waals surface area (Å²) in [5, 5.41) is 0.193. The second-order valence-corrected chi connectivity index (χ2v) is 6.08. The largest absolute Gasteiger partial charge is 0.497 e. The van der Waals surface area contributed by atoms with Crippen LogP contribution in [0, 0.1) is 0 Å². The Morgan fingerprint density at radius 3 is 2.57 bits per heavy atom. The molecule has 0 aliphatic carbocycles. The lowest BCUT2D eigenvalue weighted by molar-refractivity contribution is -0.140. The van der Waals surface area contributed by atoms with Gasteiger partial charge < -0.3 is 18.8 Å². The van der Waals surface area contributed by atoms with Crippen LogP contribution in [-0.4, -0.2) is 42.7 Å². The molecule has 0 bridgehead atoms.